The predicted octanol–water partition coefficient (Wildman–Crippen LogP) is 0.0188. The van der Waals surface area contributed by atoms with Crippen LogP contribution in [0.1, 0.15) is 6.23 Å². The third-order valence-electron chi connectivity index (χ3n) is 4.49. The average Bonchev–Trinajstić information content (AvgIpc) is 2.98. The number of hydrogen-bond acceptors (Lipinski definition) is 9. The number of aliphatic hydroxyl groups excluding tert-OH is 2. The van der Waals surface area contributed by atoms with Gasteiger partial charge in [-0.05, 0) is 12.1 Å². The summed E-state index contributed by atoms with van der Waals surface area (Å²) in [5.41, 5.74) is 5.14. The number of halogens is 1. The zero-order valence-electron chi connectivity index (χ0n) is 14.6. The molecule has 4 atom stereocenters. The number of nitrogens with zero attached hydrogens (tertiary/aromatic N) is 2. The van der Waals surface area contributed by atoms with E-state index in [-0.39, 0.29) is 11.6 Å². The minimum Gasteiger partial charge on any atom is -0.490 e. The maximum atomic E-state index is 14.4. The first kappa shape index (κ1) is 18.6. The molecule has 0 aliphatic carbocycles. The van der Waals surface area contributed by atoms with Gasteiger partial charge in [-0.3, -0.25) is 4.57 Å². The second kappa shape index (κ2) is 7.36. The molecule has 1 fully saturated rings. The van der Waals surface area contributed by atoms with Crippen molar-refractivity contribution in [3.63, 3.8) is 0 Å². The number of alkyl halides is 1. The largest absolute Gasteiger partial charge is 0.490 e. The Hall–Kier alpha value is -2.73. The zero-order chi connectivity index (χ0) is 19.8. The highest BCUT2D eigenvalue weighted by Crippen LogP contribution is 2.45. The number of aliphatic hydroxyl groups is 2. The molecular weight excluding hydrogens is 375 g/mol. The van der Waals surface area contributed by atoms with E-state index in [1.54, 1.807) is 18.2 Å². The molecule has 1 aromatic heterocycles. The molecule has 0 amide bonds. The highest BCUT2D eigenvalue weighted by molar-refractivity contribution is 5.77. The first-order chi connectivity index (χ1) is 13.5. The summed E-state index contributed by atoms with van der Waals surface area (Å²) in [6.45, 7) is 0.0457. The zero-order valence-corrected chi connectivity index (χ0v) is 14.6. The standard InChI is InChI=1S/C17H19FN4O6/c18-12-14(24)11(7-23)28-16(12)22-6-10-15(21-17(22)25)20-13-8(26-5-4-19)2-1-3-9(13)27-10/h1-3,6,11-12,14,16,23-24H,4-5,7,19H2,(H,20,21,25)/t11-,12+,14?,16-/m1/s1. The van der Waals surface area contributed by atoms with Gasteiger partial charge < -0.3 is 35.5 Å². The van der Waals surface area contributed by atoms with Gasteiger partial charge in [0.05, 0.1) is 12.8 Å². The highest BCUT2D eigenvalue weighted by atomic mass is 19.1. The summed E-state index contributed by atoms with van der Waals surface area (Å²) in [5, 5.41) is 21.9. The molecule has 150 valence electrons. The summed E-state index contributed by atoms with van der Waals surface area (Å²) >= 11 is 0. The van der Waals surface area contributed by atoms with Crippen molar-refractivity contribution in [1.82, 2.24) is 9.55 Å². The molecule has 28 heavy (non-hydrogen) atoms. The summed E-state index contributed by atoms with van der Waals surface area (Å²) in [6, 6.07) is 5.12. The Morgan fingerprint density at radius 1 is 1.39 bits per heavy atom. The number of ether oxygens (including phenoxy) is 3. The van der Waals surface area contributed by atoms with Crippen molar-refractivity contribution in [2.45, 2.75) is 24.6 Å². The lowest BCUT2D eigenvalue weighted by Crippen LogP contribution is -2.34. The smallest absolute Gasteiger partial charge is 0.352 e. The lowest BCUT2D eigenvalue weighted by atomic mass is 10.1. The van der Waals surface area contributed by atoms with Gasteiger partial charge in [0, 0.05) is 6.54 Å². The summed E-state index contributed by atoms with van der Waals surface area (Å²) in [7, 11) is 0. The van der Waals surface area contributed by atoms with Gasteiger partial charge in [-0.15, -0.1) is 0 Å². The fourth-order valence-corrected chi connectivity index (χ4v) is 3.12. The van der Waals surface area contributed by atoms with E-state index in [0.717, 1.165) is 4.57 Å². The Morgan fingerprint density at radius 2 is 2.21 bits per heavy atom. The van der Waals surface area contributed by atoms with E-state index in [1.165, 1.54) is 6.20 Å². The van der Waals surface area contributed by atoms with Gasteiger partial charge in [0.2, 0.25) is 0 Å². The van der Waals surface area contributed by atoms with Crippen LogP contribution in [0, 0.1) is 0 Å². The third kappa shape index (κ3) is 3.07. The van der Waals surface area contributed by atoms with Crippen LogP contribution in [0.5, 0.6) is 17.2 Å². The number of nitrogens with two attached hydrogens (primary N) is 1. The van der Waals surface area contributed by atoms with Crippen molar-refractivity contribution in [2.75, 3.05) is 25.1 Å². The summed E-state index contributed by atoms with van der Waals surface area (Å²) in [5.74, 6) is 1.20. The van der Waals surface area contributed by atoms with Crippen molar-refractivity contribution >= 4 is 11.5 Å². The summed E-state index contributed by atoms with van der Waals surface area (Å²) < 4.78 is 31.9. The Labute approximate surface area is 158 Å². The molecular formula is C17H19FN4O6. The molecule has 2 aliphatic rings. The molecule has 0 radical (unpaired) electrons. The number of hydrogen-bond donors (Lipinski definition) is 4. The molecule has 3 heterocycles. The lowest BCUT2D eigenvalue weighted by Gasteiger charge is -2.24. The van der Waals surface area contributed by atoms with Crippen LogP contribution in [0.25, 0.3) is 0 Å². The van der Waals surface area contributed by atoms with Gasteiger partial charge in [0.1, 0.15) is 30.3 Å². The molecule has 10 nitrogen and oxygen atoms in total. The average molecular weight is 394 g/mol. The van der Waals surface area contributed by atoms with Crippen LogP contribution >= 0.6 is 0 Å². The molecule has 1 unspecified atom stereocenters. The molecule has 1 saturated heterocycles. The van der Waals surface area contributed by atoms with Gasteiger partial charge in [0.15, 0.2) is 29.7 Å². The normalized spacial score (nSPS) is 25.4. The van der Waals surface area contributed by atoms with Crippen molar-refractivity contribution < 1.29 is 28.8 Å². The van der Waals surface area contributed by atoms with Gasteiger partial charge in [0.25, 0.3) is 0 Å². The number of nitrogens with one attached hydrogen (secondary N) is 1. The van der Waals surface area contributed by atoms with Gasteiger partial charge >= 0.3 is 5.69 Å². The molecule has 2 aromatic rings. The number of benzene rings is 1. The van der Waals surface area contributed by atoms with E-state index in [2.05, 4.69) is 10.3 Å². The highest BCUT2D eigenvalue weighted by Gasteiger charge is 2.45. The molecule has 2 aliphatic heterocycles. The van der Waals surface area contributed by atoms with E-state index in [9.17, 15) is 14.3 Å². The molecule has 0 saturated carbocycles. The fraction of sp³-hybridized carbons (Fsp3) is 0.412. The Kier molecular flexibility index (Phi) is 4.89. The number of para-hydroxylation sites is 1. The Morgan fingerprint density at radius 3 is 2.93 bits per heavy atom. The van der Waals surface area contributed by atoms with Crippen molar-refractivity contribution in [1.29, 1.82) is 0 Å². The number of anilines is 2. The van der Waals surface area contributed by atoms with Crippen LogP contribution in [0.4, 0.5) is 15.9 Å². The summed E-state index contributed by atoms with van der Waals surface area (Å²) in [6.07, 6.45) is -4.78. The maximum absolute atomic E-state index is 14.4. The molecule has 0 spiro atoms. The van der Waals surface area contributed by atoms with E-state index in [4.69, 9.17) is 25.1 Å². The number of rotatable bonds is 5. The van der Waals surface area contributed by atoms with Crippen molar-refractivity contribution in [2.24, 2.45) is 5.73 Å². The predicted molar refractivity (Wildman–Crippen MR) is 94.7 cm³/mol. The van der Waals surface area contributed by atoms with Gasteiger partial charge in [-0.25, -0.2) is 9.18 Å². The van der Waals surface area contributed by atoms with Crippen LogP contribution in [0.2, 0.25) is 0 Å². The van der Waals surface area contributed by atoms with Crippen LogP contribution in [0.3, 0.4) is 0 Å². The van der Waals surface area contributed by atoms with Crippen LogP contribution in [0.15, 0.2) is 29.2 Å². The SMILES string of the molecule is NCCOc1cccc2c1Nc1nc(=O)n([C@@H]3O[C@H](CO)C(O)[C@@H]3F)cc1O2. The second-order valence-electron chi connectivity index (χ2n) is 6.32. The topological polar surface area (TPSA) is 141 Å². The lowest BCUT2D eigenvalue weighted by molar-refractivity contribution is -0.0492. The van der Waals surface area contributed by atoms with Gasteiger partial charge in [-0.2, -0.15) is 4.98 Å². The molecule has 0 bridgehead atoms. The second-order valence-corrected chi connectivity index (χ2v) is 6.32. The van der Waals surface area contributed by atoms with E-state index < -0.39 is 36.9 Å². The number of aromatic nitrogens is 2. The third-order valence-corrected chi connectivity index (χ3v) is 4.49. The number of fused-ring (bicyclic) bond motifs is 2. The fourth-order valence-electron chi connectivity index (χ4n) is 3.12. The van der Waals surface area contributed by atoms with Crippen LogP contribution in [-0.2, 0) is 4.74 Å². The molecule has 1 aromatic carbocycles. The van der Waals surface area contributed by atoms with Crippen LogP contribution < -0.4 is 26.2 Å². The van der Waals surface area contributed by atoms with E-state index >= 15 is 0 Å². The quantitative estimate of drug-likeness (QED) is 0.471. The Balaban J connectivity index is 1.67. The minimum absolute atomic E-state index is 0.130. The minimum atomic E-state index is -1.91. The monoisotopic (exact) mass is 394 g/mol. The van der Waals surface area contributed by atoms with E-state index in [1.807, 2.05) is 0 Å². The Bertz CT molecular complexity index is 938. The maximum Gasteiger partial charge on any atom is 0.352 e. The van der Waals surface area contributed by atoms with Gasteiger partial charge in [-0.1, -0.05) is 6.07 Å². The molecule has 11 heteroatoms. The summed E-state index contributed by atoms with van der Waals surface area (Å²) in [4.78, 5) is 16.3. The van der Waals surface area contributed by atoms with Crippen LogP contribution in [-0.4, -0.2) is 57.9 Å². The van der Waals surface area contributed by atoms with Crippen molar-refractivity contribution in [3.05, 3.63) is 34.9 Å². The van der Waals surface area contributed by atoms with E-state index in [0.29, 0.717) is 30.3 Å². The molecule has 5 N–H and O–H groups in total. The first-order valence-electron chi connectivity index (χ1n) is 8.66. The van der Waals surface area contributed by atoms with Crippen molar-refractivity contribution in [3.8, 4) is 17.2 Å². The molecule has 4 rings (SSSR count). The first-order valence-corrected chi connectivity index (χ1v) is 8.66.